The molecule has 2 fully saturated rings. The topological polar surface area (TPSA) is 79.5 Å². The molecule has 0 aromatic carbocycles. The molecule has 1 aromatic heterocycles. The van der Waals surface area contributed by atoms with Crippen molar-refractivity contribution in [2.24, 2.45) is 11.1 Å². The molecule has 2 N–H and O–H groups in total. The van der Waals surface area contributed by atoms with E-state index in [2.05, 4.69) is 11.9 Å². The number of amides is 2. The van der Waals surface area contributed by atoms with Crippen molar-refractivity contribution in [3.05, 3.63) is 11.1 Å². The Labute approximate surface area is 134 Å². The second-order valence-electron chi connectivity index (χ2n) is 6.53. The molecule has 2 aliphatic heterocycles. The Morgan fingerprint density at radius 1 is 1.50 bits per heavy atom. The van der Waals surface area contributed by atoms with Crippen molar-refractivity contribution in [3.8, 4) is 0 Å². The summed E-state index contributed by atoms with van der Waals surface area (Å²) in [5.74, 6) is 0.229. The summed E-state index contributed by atoms with van der Waals surface area (Å²) in [5, 5.41) is 2.61. The predicted octanol–water partition coefficient (Wildman–Crippen LogP) is 1.01. The minimum Gasteiger partial charge on any atom is -0.342 e. The van der Waals surface area contributed by atoms with Crippen LogP contribution in [0, 0.1) is 5.41 Å². The van der Waals surface area contributed by atoms with E-state index in [1.807, 2.05) is 10.3 Å². The number of hydrogen-bond acceptors (Lipinski definition) is 5. The highest BCUT2D eigenvalue weighted by Gasteiger charge is 2.35. The van der Waals surface area contributed by atoms with E-state index in [0.29, 0.717) is 19.4 Å². The van der Waals surface area contributed by atoms with Gasteiger partial charge in [0.05, 0.1) is 12.1 Å². The molecule has 1 atom stereocenters. The van der Waals surface area contributed by atoms with Gasteiger partial charge in [-0.3, -0.25) is 14.5 Å². The van der Waals surface area contributed by atoms with E-state index in [-0.39, 0.29) is 17.2 Å². The Hall–Kier alpha value is -1.47. The van der Waals surface area contributed by atoms with Gasteiger partial charge in [-0.15, -0.1) is 11.3 Å². The maximum atomic E-state index is 12.4. The maximum Gasteiger partial charge on any atom is 0.228 e. The third-order valence-electron chi connectivity index (χ3n) is 4.58. The van der Waals surface area contributed by atoms with Crippen molar-refractivity contribution in [1.82, 2.24) is 9.88 Å². The smallest absolute Gasteiger partial charge is 0.228 e. The van der Waals surface area contributed by atoms with Crippen molar-refractivity contribution >= 4 is 28.3 Å². The maximum absolute atomic E-state index is 12.4. The van der Waals surface area contributed by atoms with E-state index in [9.17, 15) is 9.59 Å². The van der Waals surface area contributed by atoms with Crippen LogP contribution in [0.3, 0.4) is 0 Å². The van der Waals surface area contributed by atoms with Gasteiger partial charge in [0, 0.05) is 31.4 Å². The standard InChI is InChI=1S/C15H22N4O2S/c1-15(9-16)4-6-18(10-15)13(21)7-11-8-22-14(17-11)19-5-2-3-12(19)20/h8H,2-7,9-10,16H2,1H3. The van der Waals surface area contributed by atoms with E-state index in [1.54, 1.807) is 4.90 Å². The summed E-state index contributed by atoms with van der Waals surface area (Å²) >= 11 is 1.44. The third kappa shape index (κ3) is 3.01. The van der Waals surface area contributed by atoms with Crippen LogP contribution >= 0.6 is 11.3 Å². The first-order chi connectivity index (χ1) is 10.5. The van der Waals surface area contributed by atoms with Crippen molar-refractivity contribution in [3.63, 3.8) is 0 Å². The monoisotopic (exact) mass is 322 g/mol. The Morgan fingerprint density at radius 3 is 2.95 bits per heavy atom. The lowest BCUT2D eigenvalue weighted by Crippen LogP contribution is -2.35. The quantitative estimate of drug-likeness (QED) is 0.897. The molecule has 0 aliphatic carbocycles. The van der Waals surface area contributed by atoms with Crippen LogP contribution in [0.4, 0.5) is 5.13 Å². The molecule has 2 saturated heterocycles. The fraction of sp³-hybridized carbons (Fsp3) is 0.667. The van der Waals surface area contributed by atoms with E-state index < -0.39 is 0 Å². The van der Waals surface area contributed by atoms with Gasteiger partial charge in [-0.25, -0.2) is 4.98 Å². The van der Waals surface area contributed by atoms with E-state index in [0.717, 1.165) is 43.3 Å². The number of hydrogen-bond donors (Lipinski definition) is 1. The van der Waals surface area contributed by atoms with Crippen molar-refractivity contribution < 1.29 is 9.59 Å². The summed E-state index contributed by atoms with van der Waals surface area (Å²) in [5.41, 5.74) is 6.59. The molecule has 0 bridgehead atoms. The molecule has 120 valence electrons. The van der Waals surface area contributed by atoms with Crippen LogP contribution in [0.2, 0.25) is 0 Å². The van der Waals surface area contributed by atoms with Crippen LogP contribution in [0.25, 0.3) is 0 Å². The number of nitrogens with two attached hydrogens (primary N) is 1. The lowest BCUT2D eigenvalue weighted by Gasteiger charge is -2.22. The van der Waals surface area contributed by atoms with Gasteiger partial charge < -0.3 is 10.6 Å². The number of rotatable bonds is 4. The zero-order valence-electron chi connectivity index (χ0n) is 12.9. The Balaban J connectivity index is 1.61. The van der Waals surface area contributed by atoms with Crippen LogP contribution in [-0.4, -0.2) is 47.9 Å². The van der Waals surface area contributed by atoms with Crippen LogP contribution in [0.5, 0.6) is 0 Å². The van der Waals surface area contributed by atoms with E-state index in [1.165, 1.54) is 11.3 Å². The first-order valence-corrected chi connectivity index (χ1v) is 8.61. The summed E-state index contributed by atoms with van der Waals surface area (Å²) in [7, 11) is 0. The summed E-state index contributed by atoms with van der Waals surface area (Å²) in [4.78, 5) is 32.2. The number of likely N-dealkylation sites (tertiary alicyclic amines) is 1. The van der Waals surface area contributed by atoms with Crippen LogP contribution in [-0.2, 0) is 16.0 Å². The highest BCUT2D eigenvalue weighted by atomic mass is 32.1. The van der Waals surface area contributed by atoms with Crippen LogP contribution in [0.15, 0.2) is 5.38 Å². The second-order valence-corrected chi connectivity index (χ2v) is 7.36. The van der Waals surface area contributed by atoms with Gasteiger partial charge in [0.1, 0.15) is 0 Å². The molecule has 6 nitrogen and oxygen atoms in total. The lowest BCUT2D eigenvalue weighted by atomic mass is 9.90. The summed E-state index contributed by atoms with van der Waals surface area (Å²) in [6, 6.07) is 0. The number of nitrogens with zero attached hydrogens (tertiary/aromatic N) is 3. The number of thiazole rings is 1. The average molecular weight is 322 g/mol. The highest BCUT2D eigenvalue weighted by molar-refractivity contribution is 7.14. The minimum atomic E-state index is 0.0465. The first kappa shape index (κ1) is 15.4. The van der Waals surface area contributed by atoms with Crippen molar-refractivity contribution in [2.45, 2.75) is 32.6 Å². The Bertz CT molecular complexity index is 588. The van der Waals surface area contributed by atoms with Crippen LogP contribution < -0.4 is 10.6 Å². The molecular weight excluding hydrogens is 300 g/mol. The Kier molecular flexibility index (Phi) is 4.18. The van der Waals surface area contributed by atoms with Gasteiger partial charge in [-0.2, -0.15) is 0 Å². The molecule has 3 heterocycles. The third-order valence-corrected chi connectivity index (χ3v) is 5.49. The van der Waals surface area contributed by atoms with Crippen molar-refractivity contribution in [2.75, 3.05) is 31.1 Å². The predicted molar refractivity (Wildman–Crippen MR) is 85.8 cm³/mol. The Morgan fingerprint density at radius 2 is 2.32 bits per heavy atom. The molecule has 1 aromatic rings. The molecule has 2 aliphatic rings. The molecule has 22 heavy (non-hydrogen) atoms. The SMILES string of the molecule is CC1(CN)CCN(C(=O)Cc2csc(N3CCCC3=O)n2)C1. The second kappa shape index (κ2) is 5.96. The number of anilines is 1. The molecule has 0 saturated carbocycles. The molecular formula is C15H22N4O2S. The molecule has 0 radical (unpaired) electrons. The number of aromatic nitrogens is 1. The van der Waals surface area contributed by atoms with E-state index >= 15 is 0 Å². The summed E-state index contributed by atoms with van der Waals surface area (Å²) in [6.45, 7) is 4.97. The van der Waals surface area contributed by atoms with Crippen molar-refractivity contribution in [1.29, 1.82) is 0 Å². The van der Waals surface area contributed by atoms with E-state index in [4.69, 9.17) is 5.73 Å². The van der Waals surface area contributed by atoms with Crippen LogP contribution in [0.1, 0.15) is 31.9 Å². The lowest BCUT2D eigenvalue weighted by molar-refractivity contribution is -0.129. The van der Waals surface area contributed by atoms with Gasteiger partial charge in [0.15, 0.2) is 5.13 Å². The average Bonchev–Trinajstić information content (AvgIpc) is 3.19. The molecule has 3 rings (SSSR count). The zero-order valence-corrected chi connectivity index (χ0v) is 13.7. The molecule has 1 unspecified atom stereocenters. The van der Waals surface area contributed by atoms with Gasteiger partial charge in [0.2, 0.25) is 11.8 Å². The molecule has 7 heteroatoms. The number of carbonyl (C=O) groups is 2. The van der Waals surface area contributed by atoms with Gasteiger partial charge in [-0.1, -0.05) is 6.92 Å². The normalized spacial score (nSPS) is 25.3. The van der Waals surface area contributed by atoms with Gasteiger partial charge >= 0.3 is 0 Å². The minimum absolute atomic E-state index is 0.0465. The largest absolute Gasteiger partial charge is 0.342 e. The molecule has 0 spiro atoms. The molecule has 2 amide bonds. The fourth-order valence-corrected chi connectivity index (χ4v) is 3.89. The zero-order chi connectivity index (χ0) is 15.7. The highest BCUT2D eigenvalue weighted by Crippen LogP contribution is 2.29. The van der Waals surface area contributed by atoms with Gasteiger partial charge in [-0.05, 0) is 24.8 Å². The van der Waals surface area contributed by atoms with Gasteiger partial charge in [0.25, 0.3) is 0 Å². The summed E-state index contributed by atoms with van der Waals surface area (Å²) < 4.78 is 0. The number of carbonyl (C=O) groups excluding carboxylic acids is 2. The first-order valence-electron chi connectivity index (χ1n) is 7.73. The fourth-order valence-electron chi connectivity index (χ4n) is 3.02. The summed E-state index contributed by atoms with van der Waals surface area (Å²) in [6.07, 6.45) is 2.75.